The fraction of sp³-hybridized carbons (Fsp3) is 0.500. The van der Waals surface area contributed by atoms with E-state index < -0.39 is 23.2 Å². The molecule has 23 heavy (non-hydrogen) atoms. The number of amides is 1. The number of nitrogens with one attached hydrogen (secondary N) is 1. The minimum absolute atomic E-state index is 0.199. The summed E-state index contributed by atoms with van der Waals surface area (Å²) in [5.41, 5.74) is -1.11. The van der Waals surface area contributed by atoms with Gasteiger partial charge < -0.3 is 5.32 Å². The van der Waals surface area contributed by atoms with Gasteiger partial charge in [0.05, 0.1) is 11.6 Å². The van der Waals surface area contributed by atoms with E-state index in [0.717, 1.165) is 17.9 Å². The number of thioether (sulfide) groups is 1. The first-order valence-corrected chi connectivity index (χ1v) is 8.38. The van der Waals surface area contributed by atoms with Crippen molar-refractivity contribution < 1.29 is 18.0 Å². The summed E-state index contributed by atoms with van der Waals surface area (Å²) in [5, 5.41) is 12.0. The van der Waals surface area contributed by atoms with Crippen molar-refractivity contribution in [3.05, 3.63) is 35.4 Å². The van der Waals surface area contributed by atoms with Gasteiger partial charge in [-0.2, -0.15) is 30.2 Å². The summed E-state index contributed by atoms with van der Waals surface area (Å²) in [4.78, 5) is 12.3. The highest BCUT2D eigenvalue weighted by Crippen LogP contribution is 2.30. The smallest absolute Gasteiger partial charge is 0.337 e. The van der Waals surface area contributed by atoms with Crippen LogP contribution in [0.5, 0.6) is 0 Å². The second-order valence-electron chi connectivity index (χ2n) is 5.79. The van der Waals surface area contributed by atoms with Gasteiger partial charge in [-0.3, -0.25) is 4.79 Å². The van der Waals surface area contributed by atoms with Crippen LogP contribution in [0.15, 0.2) is 24.3 Å². The van der Waals surface area contributed by atoms with E-state index in [1.54, 1.807) is 24.8 Å². The van der Waals surface area contributed by atoms with E-state index in [1.165, 1.54) is 6.07 Å². The zero-order chi connectivity index (χ0) is 17.1. The quantitative estimate of drug-likeness (QED) is 0.912. The Kier molecular flexibility index (Phi) is 5.25. The lowest BCUT2D eigenvalue weighted by atomic mass is 9.95. The standard InChI is InChI=1S/C16H17F3N2OS/c1-11(14(22)21-15(9-20)5-6-23-10-15)7-12-3-2-4-13(8-12)16(17,18)19/h2-4,8,11H,5-7,10H2,1H3,(H,21,22)/t11-,15-/m1/s1. The minimum Gasteiger partial charge on any atom is -0.337 e. The van der Waals surface area contributed by atoms with Crippen LogP contribution in [0.3, 0.4) is 0 Å². The van der Waals surface area contributed by atoms with Gasteiger partial charge in [-0.05, 0) is 30.2 Å². The number of hydrogen-bond donors (Lipinski definition) is 1. The molecule has 1 fully saturated rings. The molecule has 1 aliphatic heterocycles. The average Bonchev–Trinajstić information content (AvgIpc) is 2.95. The molecule has 7 heteroatoms. The zero-order valence-electron chi connectivity index (χ0n) is 12.6. The molecule has 2 atom stereocenters. The van der Waals surface area contributed by atoms with Crippen molar-refractivity contribution in [1.29, 1.82) is 5.26 Å². The van der Waals surface area contributed by atoms with Crippen LogP contribution >= 0.6 is 11.8 Å². The van der Waals surface area contributed by atoms with Gasteiger partial charge in [0.15, 0.2) is 0 Å². The van der Waals surface area contributed by atoms with Crippen molar-refractivity contribution in [3.63, 3.8) is 0 Å². The summed E-state index contributed by atoms with van der Waals surface area (Å²) in [6, 6.07) is 7.14. The molecule has 1 aliphatic rings. The summed E-state index contributed by atoms with van der Waals surface area (Å²) in [6.45, 7) is 1.66. The highest BCUT2D eigenvalue weighted by atomic mass is 32.2. The van der Waals surface area contributed by atoms with E-state index in [0.29, 0.717) is 17.7 Å². The maximum absolute atomic E-state index is 12.7. The first-order valence-electron chi connectivity index (χ1n) is 7.23. The first-order chi connectivity index (χ1) is 10.8. The van der Waals surface area contributed by atoms with Crippen molar-refractivity contribution in [3.8, 4) is 6.07 Å². The van der Waals surface area contributed by atoms with Crippen LogP contribution in [-0.2, 0) is 17.4 Å². The Morgan fingerprint density at radius 1 is 1.52 bits per heavy atom. The topological polar surface area (TPSA) is 52.9 Å². The lowest BCUT2D eigenvalue weighted by Crippen LogP contribution is -2.49. The minimum atomic E-state index is -4.40. The number of rotatable bonds is 4. The SMILES string of the molecule is C[C@H](Cc1cccc(C(F)(F)F)c1)C(=O)N[C@@]1(C#N)CCSC1. The predicted molar refractivity (Wildman–Crippen MR) is 82.7 cm³/mol. The molecule has 1 saturated heterocycles. The number of hydrogen-bond acceptors (Lipinski definition) is 3. The van der Waals surface area contributed by atoms with Crippen LogP contribution in [0, 0.1) is 17.2 Å². The molecule has 0 aromatic heterocycles. The Morgan fingerprint density at radius 2 is 2.26 bits per heavy atom. The van der Waals surface area contributed by atoms with Gasteiger partial charge >= 0.3 is 6.18 Å². The van der Waals surface area contributed by atoms with Gasteiger partial charge in [-0.25, -0.2) is 0 Å². The molecule has 0 spiro atoms. The molecule has 2 rings (SSSR count). The largest absolute Gasteiger partial charge is 0.416 e. The monoisotopic (exact) mass is 342 g/mol. The molecule has 1 N–H and O–H groups in total. The molecule has 1 aromatic carbocycles. The van der Waals surface area contributed by atoms with Crippen molar-refractivity contribution in [2.24, 2.45) is 5.92 Å². The normalized spacial score (nSPS) is 22.4. The molecule has 1 aromatic rings. The van der Waals surface area contributed by atoms with Gasteiger partial charge in [0, 0.05) is 11.7 Å². The van der Waals surface area contributed by atoms with Crippen molar-refractivity contribution in [2.75, 3.05) is 11.5 Å². The third-order valence-electron chi connectivity index (χ3n) is 3.84. The summed E-state index contributed by atoms with van der Waals surface area (Å²) in [5.74, 6) is 0.558. The molecule has 0 aliphatic carbocycles. The van der Waals surface area contributed by atoms with Gasteiger partial charge in [0.1, 0.15) is 5.54 Å². The highest BCUT2D eigenvalue weighted by Gasteiger charge is 2.37. The van der Waals surface area contributed by atoms with Gasteiger partial charge in [0.25, 0.3) is 0 Å². The fourth-order valence-electron chi connectivity index (χ4n) is 2.46. The highest BCUT2D eigenvalue weighted by molar-refractivity contribution is 7.99. The molecule has 0 radical (unpaired) electrons. The first kappa shape index (κ1) is 17.7. The van der Waals surface area contributed by atoms with Crippen molar-refractivity contribution in [1.82, 2.24) is 5.32 Å². The maximum atomic E-state index is 12.7. The second-order valence-corrected chi connectivity index (χ2v) is 6.89. The average molecular weight is 342 g/mol. The van der Waals surface area contributed by atoms with E-state index >= 15 is 0 Å². The summed E-state index contributed by atoms with van der Waals surface area (Å²) >= 11 is 1.61. The van der Waals surface area contributed by atoms with E-state index in [2.05, 4.69) is 11.4 Å². The second kappa shape index (κ2) is 6.83. The number of nitriles is 1. The Labute approximate surface area is 137 Å². The molecule has 1 amide bonds. The zero-order valence-corrected chi connectivity index (χ0v) is 13.4. The van der Waals surface area contributed by atoms with E-state index in [1.807, 2.05) is 0 Å². The lowest BCUT2D eigenvalue weighted by molar-refractivity contribution is -0.137. The Morgan fingerprint density at radius 3 is 2.83 bits per heavy atom. The molecule has 1 heterocycles. The summed E-state index contributed by atoms with van der Waals surface area (Å²) < 4.78 is 38.1. The van der Waals surface area contributed by atoms with Crippen molar-refractivity contribution in [2.45, 2.75) is 31.5 Å². The molecule has 0 unspecified atom stereocenters. The number of halogens is 3. The number of alkyl halides is 3. The number of carbonyl (C=O) groups excluding carboxylic acids is 1. The third kappa shape index (κ3) is 4.41. The Hall–Kier alpha value is -1.68. The van der Waals surface area contributed by atoms with E-state index in [4.69, 9.17) is 0 Å². The fourth-order valence-corrected chi connectivity index (χ4v) is 3.73. The van der Waals surface area contributed by atoms with Crippen LogP contribution in [-0.4, -0.2) is 23.0 Å². The number of nitrogens with zero attached hydrogens (tertiary/aromatic N) is 1. The van der Waals surface area contributed by atoms with Gasteiger partial charge in [-0.1, -0.05) is 25.1 Å². The Bertz CT molecular complexity index is 618. The van der Waals surface area contributed by atoms with Crippen LogP contribution in [0.25, 0.3) is 0 Å². The van der Waals surface area contributed by atoms with Crippen molar-refractivity contribution >= 4 is 17.7 Å². The number of benzene rings is 1. The molecule has 0 saturated carbocycles. The third-order valence-corrected chi connectivity index (χ3v) is 5.03. The lowest BCUT2D eigenvalue weighted by Gasteiger charge is -2.23. The maximum Gasteiger partial charge on any atom is 0.416 e. The van der Waals surface area contributed by atoms with Gasteiger partial charge in [-0.15, -0.1) is 0 Å². The van der Waals surface area contributed by atoms with Crippen LogP contribution in [0.4, 0.5) is 13.2 Å². The van der Waals surface area contributed by atoms with E-state index in [9.17, 15) is 23.2 Å². The summed E-state index contributed by atoms with van der Waals surface area (Å²) in [6.07, 6.45) is -3.60. The molecule has 124 valence electrons. The molecule has 3 nitrogen and oxygen atoms in total. The van der Waals surface area contributed by atoms with Crippen LogP contribution < -0.4 is 5.32 Å². The number of carbonyl (C=O) groups is 1. The predicted octanol–water partition coefficient (Wildman–Crippen LogP) is 3.40. The van der Waals surface area contributed by atoms with E-state index in [-0.39, 0.29) is 12.3 Å². The summed E-state index contributed by atoms with van der Waals surface area (Å²) in [7, 11) is 0. The van der Waals surface area contributed by atoms with Crippen LogP contribution in [0.1, 0.15) is 24.5 Å². The van der Waals surface area contributed by atoms with Crippen LogP contribution in [0.2, 0.25) is 0 Å². The molecule has 0 bridgehead atoms. The van der Waals surface area contributed by atoms with Gasteiger partial charge in [0.2, 0.25) is 5.91 Å². The Balaban J connectivity index is 2.03. The molecular weight excluding hydrogens is 325 g/mol. The molecular formula is C16H17F3N2OS.